The van der Waals surface area contributed by atoms with Gasteiger partial charge in [0.25, 0.3) is 0 Å². The minimum absolute atomic E-state index is 0.0925. The summed E-state index contributed by atoms with van der Waals surface area (Å²) in [6, 6.07) is 0. The molecule has 4 unspecified atom stereocenters. The Morgan fingerprint density at radius 2 is 1.00 bits per heavy atom. The summed E-state index contributed by atoms with van der Waals surface area (Å²) in [5, 5.41) is 18.2. The van der Waals surface area contributed by atoms with E-state index in [9.17, 15) is 28.8 Å². The first-order valence-electron chi connectivity index (χ1n) is 14.9. The summed E-state index contributed by atoms with van der Waals surface area (Å²) in [4.78, 5) is 70.2. The molecule has 258 valence electrons. The molecule has 0 heterocycles. The molecule has 0 fully saturated rings. The number of rotatable bonds is 25. The second-order valence-corrected chi connectivity index (χ2v) is 13.0. The van der Waals surface area contributed by atoms with Gasteiger partial charge in [-0.2, -0.15) is 0 Å². The van der Waals surface area contributed by atoms with Gasteiger partial charge in [0.05, 0.1) is 12.2 Å². The summed E-state index contributed by atoms with van der Waals surface area (Å²) in [5.41, 5.74) is 0. The van der Waals surface area contributed by atoms with E-state index < -0.39 is 51.3 Å². The first-order chi connectivity index (χ1) is 21.3. The molecule has 13 nitrogen and oxygen atoms in total. The summed E-state index contributed by atoms with van der Waals surface area (Å²) in [6.07, 6.45) is 5.81. The van der Waals surface area contributed by atoms with Gasteiger partial charge in [0, 0.05) is 6.42 Å². The Balaban J connectivity index is 3.84. The first-order valence-corrected chi connectivity index (χ1v) is 17.9. The average Bonchev–Trinajstić information content (AvgIpc) is 2.98. The number of alkyl halides is 2. The second kappa shape index (κ2) is 26.4. The summed E-state index contributed by atoms with van der Waals surface area (Å²) in [7, 11) is 0. The topological polar surface area (TPSA) is 189 Å². The average molecular weight is 756 g/mol. The van der Waals surface area contributed by atoms with Gasteiger partial charge in [-0.1, -0.05) is 0 Å². The van der Waals surface area contributed by atoms with Gasteiger partial charge in [0.1, 0.15) is 6.61 Å². The van der Waals surface area contributed by atoms with E-state index >= 15 is 0 Å². The zero-order chi connectivity index (χ0) is 34.0. The molecule has 2 N–H and O–H groups in total. The van der Waals surface area contributed by atoms with Gasteiger partial charge in [-0.25, -0.2) is 4.79 Å². The Labute approximate surface area is 275 Å². The number of aliphatic hydroxyl groups excluding tert-OH is 2. The molecular formula is C31H48IO13-. The van der Waals surface area contributed by atoms with Gasteiger partial charge in [-0.15, -0.1) is 0 Å². The number of esters is 5. The molecule has 0 aromatic carbocycles. The molecule has 0 spiro atoms. The van der Waals surface area contributed by atoms with Crippen LogP contribution in [0.3, 0.4) is 0 Å². The fraction of sp³-hybridized carbons (Fsp3) is 0.677. The van der Waals surface area contributed by atoms with Crippen molar-refractivity contribution >= 4 is 35.6 Å². The maximum absolute atomic E-state index is 12.0. The van der Waals surface area contributed by atoms with Crippen molar-refractivity contribution < 1.29 is 83.9 Å². The molecule has 0 saturated carbocycles. The Hall–Kier alpha value is -2.85. The van der Waals surface area contributed by atoms with Crippen LogP contribution in [0.15, 0.2) is 24.3 Å². The zero-order valence-corrected chi connectivity index (χ0v) is 28.7. The van der Waals surface area contributed by atoms with Gasteiger partial charge in [-0.05, 0) is 20.3 Å². The molecule has 0 aliphatic heterocycles. The van der Waals surface area contributed by atoms with Crippen LogP contribution >= 0.6 is 0 Å². The van der Waals surface area contributed by atoms with Crippen LogP contribution in [0.1, 0.15) is 79.1 Å². The molecule has 0 aliphatic rings. The van der Waals surface area contributed by atoms with E-state index in [1.165, 1.54) is 6.92 Å². The summed E-state index contributed by atoms with van der Waals surface area (Å²) in [6.45, 7) is 7.00. The van der Waals surface area contributed by atoms with E-state index in [0.717, 1.165) is 24.3 Å². The Morgan fingerprint density at radius 3 is 1.44 bits per heavy atom. The molecule has 14 heteroatoms. The number of ketones is 1. The van der Waals surface area contributed by atoms with E-state index in [4.69, 9.17) is 29.2 Å². The number of ether oxygens (including phenoxy) is 5. The Morgan fingerprint density at radius 1 is 0.556 bits per heavy atom. The molecule has 0 aromatic rings. The molecule has 0 aliphatic carbocycles. The van der Waals surface area contributed by atoms with Crippen LogP contribution in [0.25, 0.3) is 0 Å². The molecule has 0 saturated heterocycles. The molecular weight excluding hydrogens is 707 g/mol. The van der Waals surface area contributed by atoms with E-state index in [-0.39, 0.29) is 77.9 Å². The van der Waals surface area contributed by atoms with Crippen LogP contribution in [-0.2, 0) is 52.5 Å². The van der Waals surface area contributed by atoms with E-state index in [1.807, 2.05) is 13.8 Å². The smallest absolute Gasteiger partial charge is 0.460 e. The first kappa shape index (κ1) is 42.1. The number of aliphatic hydroxyl groups is 2. The van der Waals surface area contributed by atoms with Gasteiger partial charge in [0.2, 0.25) is 0 Å². The molecule has 0 bridgehead atoms. The van der Waals surface area contributed by atoms with E-state index in [1.54, 1.807) is 6.92 Å². The molecule has 45 heavy (non-hydrogen) atoms. The number of halogens is 1. The SMILES string of the molecule is CC(O)CCC(=O)/C=C/C(=O)OCCC(C)CCC(=O)OC[I-]COC(=O)CCC(C)CCOC(=O)/C=C/C(=O)OCC(C)O. The van der Waals surface area contributed by atoms with Crippen LogP contribution in [0.2, 0.25) is 0 Å². The van der Waals surface area contributed by atoms with Crippen molar-refractivity contribution in [1.82, 2.24) is 0 Å². The van der Waals surface area contributed by atoms with Crippen molar-refractivity contribution in [3.63, 3.8) is 0 Å². The maximum atomic E-state index is 12.0. The van der Waals surface area contributed by atoms with Gasteiger partial charge in [0.15, 0.2) is 5.78 Å². The Kier molecular flexibility index (Phi) is 24.7. The van der Waals surface area contributed by atoms with E-state index in [2.05, 4.69) is 4.74 Å². The van der Waals surface area contributed by atoms with Crippen molar-refractivity contribution in [2.75, 3.05) is 29.0 Å². The van der Waals surface area contributed by atoms with Crippen LogP contribution in [0.4, 0.5) is 0 Å². The molecule has 0 aromatic heterocycles. The van der Waals surface area contributed by atoms with Crippen molar-refractivity contribution in [1.29, 1.82) is 0 Å². The van der Waals surface area contributed by atoms with Crippen LogP contribution < -0.4 is 21.2 Å². The van der Waals surface area contributed by atoms with Crippen molar-refractivity contribution in [2.24, 2.45) is 11.8 Å². The standard InChI is InChI=1S/C31H48IO13/c1-22(15-17-41-27(36)12-9-26(35)8-7-24(3)33)5-10-30(39)44-20-32-21-45-31(40)11-6-23(2)16-18-42-28(37)13-14-29(38)43-19-25(4)34/h9,12-14,22-25,33-34H,5-8,10-11,15-21H2,1-4H3/q-1/b12-9+,14-13+. The van der Waals surface area contributed by atoms with Gasteiger partial charge < -0.3 is 14.9 Å². The molecule has 0 rings (SSSR count). The van der Waals surface area contributed by atoms with Crippen molar-refractivity contribution in [2.45, 2.75) is 91.3 Å². The summed E-state index contributed by atoms with van der Waals surface area (Å²) in [5.74, 6) is -2.82. The number of hydrogen-bond acceptors (Lipinski definition) is 13. The molecule has 4 atom stereocenters. The predicted octanol–water partition coefficient (Wildman–Crippen LogP) is -0.457. The number of carbonyl (C=O) groups is 6. The summed E-state index contributed by atoms with van der Waals surface area (Å²) < 4.78 is 25.7. The van der Waals surface area contributed by atoms with E-state index in [0.29, 0.717) is 32.1 Å². The molecule has 0 radical (unpaired) electrons. The second-order valence-electron chi connectivity index (χ2n) is 10.6. The number of hydrogen-bond donors (Lipinski definition) is 2. The quantitative estimate of drug-likeness (QED) is 0.0305. The third-order valence-electron chi connectivity index (χ3n) is 6.01. The number of allylic oxidation sites excluding steroid dienone is 1. The fourth-order valence-corrected chi connectivity index (χ4v) is 4.51. The van der Waals surface area contributed by atoms with Crippen molar-refractivity contribution in [3.8, 4) is 0 Å². The third-order valence-corrected chi connectivity index (χ3v) is 7.52. The Bertz CT molecular complexity index is 899. The van der Waals surface area contributed by atoms with Crippen LogP contribution in [0.5, 0.6) is 0 Å². The predicted molar refractivity (Wildman–Crippen MR) is 157 cm³/mol. The van der Waals surface area contributed by atoms with Gasteiger partial charge in [-0.3, -0.25) is 4.79 Å². The minimum Gasteiger partial charge on any atom is -0.460 e. The summed E-state index contributed by atoms with van der Waals surface area (Å²) >= 11 is -0.657. The molecule has 0 amide bonds. The zero-order valence-electron chi connectivity index (χ0n) is 26.6. The number of carbonyl (C=O) groups excluding carboxylic acids is 6. The minimum atomic E-state index is -0.797. The van der Waals surface area contributed by atoms with Crippen molar-refractivity contribution in [3.05, 3.63) is 24.3 Å². The fourth-order valence-electron chi connectivity index (χ4n) is 3.19. The van der Waals surface area contributed by atoms with Crippen LogP contribution in [-0.4, -0.2) is 87.1 Å². The normalized spacial score (nSPS) is 14.0. The monoisotopic (exact) mass is 755 g/mol. The van der Waals surface area contributed by atoms with Crippen LogP contribution in [0, 0.1) is 11.8 Å². The third kappa shape index (κ3) is 28.4. The van der Waals surface area contributed by atoms with Gasteiger partial charge >= 0.3 is 200 Å².